The maximum atomic E-state index is 12.9. The molecule has 6 nitrogen and oxygen atoms in total. The van der Waals surface area contributed by atoms with Gasteiger partial charge < -0.3 is 9.84 Å². The Labute approximate surface area is 140 Å². The highest BCUT2D eigenvalue weighted by Gasteiger charge is 2.30. The summed E-state index contributed by atoms with van der Waals surface area (Å²) < 4.78 is 32.2. The fourth-order valence-corrected chi connectivity index (χ4v) is 4.40. The van der Waals surface area contributed by atoms with Gasteiger partial charge in [-0.05, 0) is 41.8 Å². The number of nitrogens with zero attached hydrogens (tertiary/aromatic N) is 2. The van der Waals surface area contributed by atoms with E-state index < -0.39 is 10.0 Å². The Morgan fingerprint density at radius 1 is 1.25 bits per heavy atom. The number of phenols is 1. The van der Waals surface area contributed by atoms with Crippen molar-refractivity contribution >= 4 is 10.0 Å². The zero-order chi connectivity index (χ0) is 17.3. The Bertz CT molecular complexity index is 932. The second-order valence-corrected chi connectivity index (χ2v) is 7.40. The van der Waals surface area contributed by atoms with Crippen molar-refractivity contribution in [2.75, 3.05) is 13.7 Å². The molecule has 0 radical (unpaired) electrons. The van der Waals surface area contributed by atoms with Crippen LogP contribution in [0.1, 0.15) is 16.7 Å². The maximum absolute atomic E-state index is 12.9. The lowest BCUT2D eigenvalue weighted by atomic mass is 10.0. The molecule has 0 aliphatic carbocycles. The van der Waals surface area contributed by atoms with Crippen LogP contribution >= 0.6 is 0 Å². The molecule has 0 spiro atoms. The normalized spacial score (nSPS) is 14.7. The van der Waals surface area contributed by atoms with Crippen LogP contribution in [0, 0.1) is 11.3 Å². The third kappa shape index (κ3) is 2.70. The van der Waals surface area contributed by atoms with Crippen molar-refractivity contribution in [3.63, 3.8) is 0 Å². The minimum Gasteiger partial charge on any atom is -0.504 e. The van der Waals surface area contributed by atoms with E-state index in [-0.39, 0.29) is 22.8 Å². The summed E-state index contributed by atoms with van der Waals surface area (Å²) in [7, 11) is -2.32. The van der Waals surface area contributed by atoms with Crippen molar-refractivity contribution in [2.45, 2.75) is 17.9 Å². The van der Waals surface area contributed by atoms with Gasteiger partial charge in [0.1, 0.15) is 6.07 Å². The van der Waals surface area contributed by atoms with E-state index in [4.69, 9.17) is 10.00 Å². The minimum absolute atomic E-state index is 0.0155. The smallest absolute Gasteiger partial charge is 0.244 e. The monoisotopic (exact) mass is 344 g/mol. The topological polar surface area (TPSA) is 90.6 Å². The third-order valence-corrected chi connectivity index (χ3v) is 6.01. The van der Waals surface area contributed by atoms with Gasteiger partial charge in [0.05, 0.1) is 17.6 Å². The maximum Gasteiger partial charge on any atom is 0.244 e. The van der Waals surface area contributed by atoms with E-state index >= 15 is 0 Å². The zero-order valence-electron chi connectivity index (χ0n) is 13.1. The van der Waals surface area contributed by atoms with Crippen LogP contribution in [-0.4, -0.2) is 31.5 Å². The standard InChI is InChI=1S/C17H16N2O4S/c1-23-16-9-14-11-19(7-6-12(14)8-15(16)20)24(21,22)17-5-3-2-4-13(17)10-18/h2-5,8-9,20H,6-7,11H2,1H3. The van der Waals surface area contributed by atoms with E-state index in [0.29, 0.717) is 18.7 Å². The summed E-state index contributed by atoms with van der Waals surface area (Å²) in [6.07, 6.45) is 0.487. The molecule has 1 aliphatic rings. The van der Waals surface area contributed by atoms with Gasteiger partial charge in [-0.1, -0.05) is 12.1 Å². The number of sulfonamides is 1. The molecule has 3 rings (SSSR count). The molecular formula is C17H16N2O4S. The molecule has 124 valence electrons. The quantitative estimate of drug-likeness (QED) is 0.920. The second kappa shape index (κ2) is 6.15. The summed E-state index contributed by atoms with van der Waals surface area (Å²) in [5, 5.41) is 19.0. The van der Waals surface area contributed by atoms with Crippen LogP contribution in [0.2, 0.25) is 0 Å². The number of aromatic hydroxyl groups is 1. The van der Waals surface area contributed by atoms with Gasteiger partial charge in [0.2, 0.25) is 10.0 Å². The molecule has 1 N–H and O–H groups in total. The van der Waals surface area contributed by atoms with Crippen molar-refractivity contribution in [2.24, 2.45) is 0 Å². The average Bonchev–Trinajstić information content (AvgIpc) is 2.60. The van der Waals surface area contributed by atoms with Crippen molar-refractivity contribution in [3.05, 3.63) is 53.1 Å². The second-order valence-electron chi connectivity index (χ2n) is 5.49. The van der Waals surface area contributed by atoms with Crippen LogP contribution < -0.4 is 4.74 Å². The molecule has 0 amide bonds. The molecule has 2 aromatic carbocycles. The fraction of sp³-hybridized carbons (Fsp3) is 0.235. The van der Waals surface area contributed by atoms with Gasteiger partial charge in [-0.3, -0.25) is 0 Å². The van der Waals surface area contributed by atoms with Crippen LogP contribution in [0.15, 0.2) is 41.3 Å². The SMILES string of the molecule is COc1cc2c(cc1O)CCN(S(=O)(=O)c1ccccc1C#N)C2. The van der Waals surface area contributed by atoms with E-state index in [1.54, 1.807) is 24.3 Å². The molecule has 7 heteroatoms. The Kier molecular flexibility index (Phi) is 4.18. The van der Waals surface area contributed by atoms with Gasteiger partial charge in [-0.15, -0.1) is 0 Å². The van der Waals surface area contributed by atoms with Gasteiger partial charge >= 0.3 is 0 Å². The first-order valence-electron chi connectivity index (χ1n) is 7.35. The van der Waals surface area contributed by atoms with Gasteiger partial charge in [0, 0.05) is 13.1 Å². The highest BCUT2D eigenvalue weighted by Crippen LogP contribution is 2.34. The first-order chi connectivity index (χ1) is 11.5. The average molecular weight is 344 g/mol. The van der Waals surface area contributed by atoms with Gasteiger partial charge in [0.25, 0.3) is 0 Å². The number of ether oxygens (including phenoxy) is 1. The van der Waals surface area contributed by atoms with E-state index in [1.165, 1.54) is 23.5 Å². The third-order valence-electron chi connectivity index (χ3n) is 4.10. The first kappa shape index (κ1) is 16.3. The largest absolute Gasteiger partial charge is 0.504 e. The van der Waals surface area contributed by atoms with E-state index in [2.05, 4.69) is 0 Å². The molecule has 0 aromatic heterocycles. The Balaban J connectivity index is 1.99. The summed E-state index contributed by atoms with van der Waals surface area (Å²) >= 11 is 0. The molecule has 0 unspecified atom stereocenters. The van der Waals surface area contributed by atoms with E-state index in [0.717, 1.165) is 11.1 Å². The van der Waals surface area contributed by atoms with Crippen molar-refractivity contribution in [1.82, 2.24) is 4.31 Å². The molecule has 0 saturated heterocycles. The number of nitriles is 1. The summed E-state index contributed by atoms with van der Waals surface area (Å²) in [6, 6.07) is 11.4. The van der Waals surface area contributed by atoms with Gasteiger partial charge in [-0.2, -0.15) is 9.57 Å². The molecular weight excluding hydrogens is 328 g/mol. The summed E-state index contributed by atoms with van der Waals surface area (Å²) in [6.45, 7) is 0.467. The van der Waals surface area contributed by atoms with Gasteiger partial charge in [0.15, 0.2) is 11.5 Å². The molecule has 0 bridgehead atoms. The number of phenolic OH excluding ortho intramolecular Hbond substituents is 1. The molecule has 1 heterocycles. The van der Waals surface area contributed by atoms with Crippen LogP contribution in [0.5, 0.6) is 11.5 Å². The summed E-state index contributed by atoms with van der Waals surface area (Å²) in [5.74, 6) is 0.354. The lowest BCUT2D eigenvalue weighted by Crippen LogP contribution is -2.36. The van der Waals surface area contributed by atoms with Crippen molar-refractivity contribution in [3.8, 4) is 17.6 Å². The number of benzene rings is 2. The number of methoxy groups -OCH3 is 1. The molecule has 0 atom stereocenters. The van der Waals surface area contributed by atoms with E-state index in [1.807, 2.05) is 6.07 Å². The Morgan fingerprint density at radius 2 is 2.00 bits per heavy atom. The highest BCUT2D eigenvalue weighted by atomic mass is 32.2. The van der Waals surface area contributed by atoms with Crippen LogP contribution in [0.25, 0.3) is 0 Å². The highest BCUT2D eigenvalue weighted by molar-refractivity contribution is 7.89. The predicted octanol–water partition coefficient (Wildman–Crippen LogP) is 2.02. The van der Waals surface area contributed by atoms with Crippen LogP contribution in [0.3, 0.4) is 0 Å². The fourth-order valence-electron chi connectivity index (χ4n) is 2.84. The molecule has 24 heavy (non-hydrogen) atoms. The Morgan fingerprint density at radius 3 is 2.71 bits per heavy atom. The summed E-state index contributed by atoms with van der Waals surface area (Å²) in [5.41, 5.74) is 1.81. The van der Waals surface area contributed by atoms with Gasteiger partial charge in [-0.25, -0.2) is 8.42 Å². The molecule has 0 saturated carbocycles. The predicted molar refractivity (Wildman–Crippen MR) is 87.1 cm³/mol. The molecule has 2 aromatic rings. The number of fused-ring (bicyclic) bond motifs is 1. The Hall–Kier alpha value is -2.56. The first-order valence-corrected chi connectivity index (χ1v) is 8.79. The lowest BCUT2D eigenvalue weighted by Gasteiger charge is -2.28. The zero-order valence-corrected chi connectivity index (χ0v) is 13.9. The minimum atomic E-state index is -3.77. The lowest BCUT2D eigenvalue weighted by molar-refractivity contribution is 0.363. The summed E-state index contributed by atoms with van der Waals surface area (Å²) in [4.78, 5) is 0.0155. The van der Waals surface area contributed by atoms with Crippen LogP contribution in [0.4, 0.5) is 0 Å². The number of hydrogen-bond acceptors (Lipinski definition) is 5. The molecule has 1 aliphatic heterocycles. The van der Waals surface area contributed by atoms with Crippen LogP contribution in [-0.2, 0) is 23.0 Å². The van der Waals surface area contributed by atoms with E-state index in [9.17, 15) is 13.5 Å². The number of hydrogen-bond donors (Lipinski definition) is 1. The van der Waals surface area contributed by atoms with Crippen molar-refractivity contribution in [1.29, 1.82) is 5.26 Å². The molecule has 0 fully saturated rings. The van der Waals surface area contributed by atoms with Crippen molar-refractivity contribution < 1.29 is 18.3 Å². The number of rotatable bonds is 3.